The smallest absolute Gasteiger partial charge is 0.323 e. The Morgan fingerprint density at radius 1 is 1.37 bits per heavy atom. The van der Waals surface area contributed by atoms with Crippen molar-refractivity contribution in [3.8, 4) is 0 Å². The van der Waals surface area contributed by atoms with Crippen LogP contribution in [0.25, 0.3) is 0 Å². The number of carbonyl (C=O) groups is 1. The highest BCUT2D eigenvalue weighted by molar-refractivity contribution is 5.74. The van der Waals surface area contributed by atoms with Gasteiger partial charge in [0.15, 0.2) is 0 Å². The Balaban J connectivity index is 2.15. The molecular formula is C15H21NO3. The zero-order valence-corrected chi connectivity index (χ0v) is 11.3. The van der Waals surface area contributed by atoms with Crippen LogP contribution in [0.5, 0.6) is 0 Å². The van der Waals surface area contributed by atoms with Gasteiger partial charge < -0.3 is 14.7 Å². The normalized spacial score (nSPS) is 23.0. The van der Waals surface area contributed by atoms with E-state index in [1.807, 2.05) is 35.2 Å². The molecule has 1 aliphatic carbocycles. The van der Waals surface area contributed by atoms with E-state index in [0.29, 0.717) is 0 Å². The van der Waals surface area contributed by atoms with Gasteiger partial charge in [-0.15, -0.1) is 0 Å². The van der Waals surface area contributed by atoms with Crippen LogP contribution in [0.3, 0.4) is 0 Å². The van der Waals surface area contributed by atoms with Crippen LogP contribution < -0.4 is 4.90 Å². The van der Waals surface area contributed by atoms with Crippen molar-refractivity contribution in [3.63, 3.8) is 0 Å². The Morgan fingerprint density at radius 3 is 2.74 bits per heavy atom. The van der Waals surface area contributed by atoms with Crippen LogP contribution in [0.1, 0.15) is 25.7 Å². The standard InChI is InChI=1S/C15H21NO3/c1-19-14-9-5-8-13(10-14)16(11-15(17)18)12-6-3-2-4-7-12/h2-4,6-7,13-14H,5,8-11H2,1H3,(H,17,18). The van der Waals surface area contributed by atoms with Crippen molar-refractivity contribution in [2.75, 3.05) is 18.6 Å². The quantitative estimate of drug-likeness (QED) is 0.887. The zero-order chi connectivity index (χ0) is 13.7. The fourth-order valence-corrected chi connectivity index (χ4v) is 2.81. The number of rotatable bonds is 5. The van der Waals surface area contributed by atoms with Gasteiger partial charge in [-0.1, -0.05) is 18.2 Å². The number of carboxylic acids is 1. The average Bonchev–Trinajstić information content (AvgIpc) is 2.45. The topological polar surface area (TPSA) is 49.8 Å². The molecule has 1 aliphatic rings. The predicted molar refractivity (Wildman–Crippen MR) is 74.5 cm³/mol. The molecule has 1 saturated carbocycles. The maximum atomic E-state index is 11.1. The minimum Gasteiger partial charge on any atom is -0.480 e. The summed E-state index contributed by atoms with van der Waals surface area (Å²) in [6, 6.07) is 10.0. The lowest BCUT2D eigenvalue weighted by molar-refractivity contribution is -0.135. The first-order valence-corrected chi connectivity index (χ1v) is 6.77. The van der Waals surface area contributed by atoms with Crippen LogP contribution >= 0.6 is 0 Å². The van der Waals surface area contributed by atoms with E-state index in [4.69, 9.17) is 9.84 Å². The first kappa shape index (κ1) is 13.9. The summed E-state index contributed by atoms with van der Waals surface area (Å²) in [6.45, 7) is 0.0467. The largest absolute Gasteiger partial charge is 0.480 e. The highest BCUT2D eigenvalue weighted by atomic mass is 16.5. The van der Waals surface area contributed by atoms with Crippen LogP contribution in [0.2, 0.25) is 0 Å². The molecule has 104 valence electrons. The molecular weight excluding hydrogens is 242 g/mol. The lowest BCUT2D eigenvalue weighted by Gasteiger charge is -2.37. The van der Waals surface area contributed by atoms with Crippen LogP contribution in [0.15, 0.2) is 30.3 Å². The summed E-state index contributed by atoms with van der Waals surface area (Å²) in [6.07, 6.45) is 4.34. The first-order valence-electron chi connectivity index (χ1n) is 6.77. The number of ether oxygens (including phenoxy) is 1. The molecule has 2 unspecified atom stereocenters. The van der Waals surface area contributed by atoms with E-state index in [1.165, 1.54) is 0 Å². The van der Waals surface area contributed by atoms with E-state index < -0.39 is 5.97 Å². The monoisotopic (exact) mass is 263 g/mol. The molecule has 4 nitrogen and oxygen atoms in total. The van der Waals surface area contributed by atoms with E-state index in [1.54, 1.807) is 7.11 Å². The van der Waals surface area contributed by atoms with Crippen LogP contribution in [-0.4, -0.2) is 36.9 Å². The molecule has 1 aromatic rings. The molecule has 0 amide bonds. The lowest BCUT2D eigenvalue weighted by Crippen LogP contribution is -2.43. The molecule has 0 aliphatic heterocycles. The number of hydrogen-bond donors (Lipinski definition) is 1. The van der Waals surface area contributed by atoms with Crippen molar-refractivity contribution in [1.29, 1.82) is 0 Å². The summed E-state index contributed by atoms with van der Waals surface area (Å²) in [7, 11) is 1.73. The summed E-state index contributed by atoms with van der Waals surface area (Å²) in [5.74, 6) is -0.789. The molecule has 1 aromatic carbocycles. The van der Waals surface area contributed by atoms with Crippen LogP contribution in [0.4, 0.5) is 5.69 Å². The van der Waals surface area contributed by atoms with Gasteiger partial charge in [0.1, 0.15) is 6.54 Å². The Bertz CT molecular complexity index is 407. The molecule has 0 saturated heterocycles. The second-order valence-electron chi connectivity index (χ2n) is 5.04. The second kappa shape index (κ2) is 6.57. The number of hydrogen-bond acceptors (Lipinski definition) is 3. The van der Waals surface area contributed by atoms with Gasteiger partial charge >= 0.3 is 5.97 Å². The first-order chi connectivity index (χ1) is 9.20. The summed E-state index contributed by atoms with van der Waals surface area (Å²) in [4.78, 5) is 13.1. The van der Waals surface area contributed by atoms with Crippen molar-refractivity contribution in [3.05, 3.63) is 30.3 Å². The van der Waals surface area contributed by atoms with Crippen molar-refractivity contribution in [1.82, 2.24) is 0 Å². The Kier molecular flexibility index (Phi) is 4.80. The number of benzene rings is 1. The van der Waals surface area contributed by atoms with Crippen LogP contribution in [0, 0.1) is 0 Å². The van der Waals surface area contributed by atoms with Crippen molar-refractivity contribution < 1.29 is 14.6 Å². The molecule has 19 heavy (non-hydrogen) atoms. The minimum absolute atomic E-state index is 0.0467. The molecule has 0 spiro atoms. The number of carboxylic acid groups (broad SMARTS) is 1. The molecule has 0 heterocycles. The third-order valence-corrected chi connectivity index (χ3v) is 3.77. The summed E-state index contributed by atoms with van der Waals surface area (Å²) < 4.78 is 5.44. The molecule has 0 aromatic heterocycles. The Hall–Kier alpha value is -1.55. The fourth-order valence-electron chi connectivity index (χ4n) is 2.81. The SMILES string of the molecule is COC1CCCC(N(CC(=O)O)c2ccccc2)C1. The average molecular weight is 263 g/mol. The van der Waals surface area contributed by atoms with Crippen LogP contribution in [-0.2, 0) is 9.53 Å². The lowest BCUT2D eigenvalue weighted by atomic mass is 9.91. The minimum atomic E-state index is -0.789. The highest BCUT2D eigenvalue weighted by Gasteiger charge is 2.28. The van der Waals surface area contributed by atoms with Crippen molar-refractivity contribution in [2.45, 2.75) is 37.8 Å². The molecule has 2 atom stereocenters. The van der Waals surface area contributed by atoms with E-state index in [2.05, 4.69) is 0 Å². The van der Waals surface area contributed by atoms with E-state index in [9.17, 15) is 4.79 Å². The third kappa shape index (κ3) is 3.70. The van der Waals surface area contributed by atoms with Gasteiger partial charge in [0.25, 0.3) is 0 Å². The van der Waals surface area contributed by atoms with Gasteiger partial charge in [-0.25, -0.2) is 0 Å². The van der Waals surface area contributed by atoms with Gasteiger partial charge in [0.2, 0.25) is 0 Å². The van der Waals surface area contributed by atoms with Gasteiger partial charge in [0, 0.05) is 18.8 Å². The summed E-state index contributed by atoms with van der Waals surface area (Å²) in [5, 5.41) is 9.13. The number of para-hydroxylation sites is 1. The predicted octanol–water partition coefficient (Wildman–Crippen LogP) is 2.54. The van der Waals surface area contributed by atoms with Crippen molar-refractivity contribution in [2.24, 2.45) is 0 Å². The molecule has 1 N–H and O–H groups in total. The number of nitrogens with zero attached hydrogens (tertiary/aromatic N) is 1. The van der Waals surface area contributed by atoms with E-state index in [-0.39, 0.29) is 18.7 Å². The zero-order valence-electron chi connectivity index (χ0n) is 11.3. The van der Waals surface area contributed by atoms with E-state index >= 15 is 0 Å². The third-order valence-electron chi connectivity index (χ3n) is 3.77. The number of methoxy groups -OCH3 is 1. The molecule has 0 radical (unpaired) electrons. The Labute approximate surface area is 114 Å². The maximum Gasteiger partial charge on any atom is 0.323 e. The summed E-state index contributed by atoms with van der Waals surface area (Å²) in [5.41, 5.74) is 0.978. The number of aliphatic carboxylic acids is 1. The molecule has 2 rings (SSSR count). The van der Waals surface area contributed by atoms with Gasteiger partial charge in [0.05, 0.1) is 6.10 Å². The van der Waals surface area contributed by atoms with Crippen molar-refractivity contribution >= 4 is 11.7 Å². The summed E-state index contributed by atoms with van der Waals surface area (Å²) >= 11 is 0. The fraction of sp³-hybridized carbons (Fsp3) is 0.533. The van der Waals surface area contributed by atoms with Gasteiger partial charge in [-0.05, 0) is 37.8 Å². The second-order valence-corrected chi connectivity index (χ2v) is 5.04. The molecule has 0 bridgehead atoms. The van der Waals surface area contributed by atoms with Gasteiger partial charge in [-0.2, -0.15) is 0 Å². The number of anilines is 1. The maximum absolute atomic E-state index is 11.1. The Morgan fingerprint density at radius 2 is 2.11 bits per heavy atom. The van der Waals surface area contributed by atoms with Gasteiger partial charge in [-0.3, -0.25) is 4.79 Å². The highest BCUT2D eigenvalue weighted by Crippen LogP contribution is 2.28. The molecule has 4 heteroatoms. The van der Waals surface area contributed by atoms with E-state index in [0.717, 1.165) is 31.4 Å². The molecule has 1 fully saturated rings.